The largest absolute Gasteiger partial charge is 0.493 e. The summed E-state index contributed by atoms with van der Waals surface area (Å²) in [5.41, 5.74) is 2.10. The zero-order chi connectivity index (χ0) is 22.3. The Balaban J connectivity index is 1.97. The monoisotopic (exact) mass is 482 g/mol. The highest BCUT2D eigenvalue weighted by atomic mass is 79.9. The van der Waals surface area contributed by atoms with Crippen LogP contribution in [0.1, 0.15) is 11.1 Å². The van der Waals surface area contributed by atoms with Crippen molar-refractivity contribution in [1.29, 1.82) is 0 Å². The summed E-state index contributed by atoms with van der Waals surface area (Å²) in [6.45, 7) is -1.24. The van der Waals surface area contributed by atoms with E-state index in [1.54, 1.807) is 6.07 Å². The molecule has 0 aliphatic rings. The molecule has 0 atom stereocenters. The molecule has 0 spiro atoms. The van der Waals surface area contributed by atoms with E-state index in [0.29, 0.717) is 11.3 Å². The summed E-state index contributed by atoms with van der Waals surface area (Å²) in [5, 5.41) is 2.76. The molecule has 6 nitrogen and oxygen atoms in total. The van der Waals surface area contributed by atoms with Crippen LogP contribution in [0.25, 0.3) is 6.08 Å². The number of alkyl halides is 2. The molecular formula is C21H21BrF2N2O4. The Bertz CT molecular complexity index is 951. The van der Waals surface area contributed by atoms with Crippen LogP contribution in [0.15, 0.2) is 46.9 Å². The van der Waals surface area contributed by atoms with Gasteiger partial charge >= 0.3 is 6.61 Å². The number of nitrogens with zero attached hydrogens (tertiary/aromatic N) is 1. The number of nitrogens with one attached hydrogen (secondary N) is 1. The molecule has 0 bridgehead atoms. The number of hydrogen-bond acceptors (Lipinski definition) is 4. The normalized spacial score (nSPS) is 10.9. The van der Waals surface area contributed by atoms with Crippen molar-refractivity contribution in [2.45, 2.75) is 13.5 Å². The first kappa shape index (κ1) is 23.3. The number of carbonyl (C=O) groups is 2. The first-order chi connectivity index (χ1) is 14.2. The highest BCUT2D eigenvalue weighted by molar-refractivity contribution is 9.10. The van der Waals surface area contributed by atoms with Gasteiger partial charge in [0.05, 0.1) is 13.7 Å². The average molecular weight is 483 g/mol. The Morgan fingerprint density at radius 3 is 2.57 bits per heavy atom. The second kappa shape index (κ2) is 10.7. The first-order valence-electron chi connectivity index (χ1n) is 8.81. The molecule has 0 aliphatic carbocycles. The van der Waals surface area contributed by atoms with E-state index in [1.165, 1.54) is 49.4 Å². The van der Waals surface area contributed by atoms with Gasteiger partial charge in [-0.15, -0.1) is 0 Å². The minimum absolute atomic E-state index is 0.104. The minimum Gasteiger partial charge on any atom is -0.493 e. The van der Waals surface area contributed by atoms with Gasteiger partial charge in [-0.3, -0.25) is 9.59 Å². The summed E-state index contributed by atoms with van der Waals surface area (Å²) in [5.74, 6) is -0.722. The van der Waals surface area contributed by atoms with Crippen molar-refractivity contribution >= 4 is 39.5 Å². The maximum absolute atomic E-state index is 12.4. The molecule has 0 heterocycles. The summed E-state index contributed by atoms with van der Waals surface area (Å²) in [4.78, 5) is 25.8. The molecule has 0 saturated carbocycles. The molecule has 160 valence electrons. The molecule has 2 aromatic carbocycles. The van der Waals surface area contributed by atoms with Gasteiger partial charge in [-0.25, -0.2) is 0 Å². The molecule has 2 aromatic rings. The lowest BCUT2D eigenvalue weighted by molar-refractivity contribution is -0.129. The fraction of sp³-hybridized carbons (Fsp3) is 0.238. The van der Waals surface area contributed by atoms with E-state index in [1.807, 2.05) is 19.1 Å². The zero-order valence-corrected chi connectivity index (χ0v) is 18.2. The highest BCUT2D eigenvalue weighted by Gasteiger charge is 2.13. The van der Waals surface area contributed by atoms with Gasteiger partial charge in [0.2, 0.25) is 11.8 Å². The van der Waals surface area contributed by atoms with Gasteiger partial charge in [0.25, 0.3) is 0 Å². The molecule has 30 heavy (non-hydrogen) atoms. The van der Waals surface area contributed by atoms with Crippen LogP contribution in [-0.4, -0.2) is 44.0 Å². The average Bonchev–Trinajstić information content (AvgIpc) is 2.68. The summed E-state index contributed by atoms with van der Waals surface area (Å²) >= 11 is 3.36. The molecule has 9 heteroatoms. The van der Waals surface area contributed by atoms with E-state index in [2.05, 4.69) is 26.0 Å². The fourth-order valence-corrected chi connectivity index (χ4v) is 3.00. The lowest BCUT2D eigenvalue weighted by atomic mass is 10.2. The van der Waals surface area contributed by atoms with Crippen molar-refractivity contribution in [3.05, 3.63) is 58.1 Å². The third kappa shape index (κ3) is 6.84. The number of amides is 2. The van der Waals surface area contributed by atoms with Crippen LogP contribution >= 0.6 is 15.9 Å². The molecule has 2 amide bonds. The van der Waals surface area contributed by atoms with Crippen LogP contribution in [0.5, 0.6) is 11.5 Å². The fourth-order valence-electron chi connectivity index (χ4n) is 2.53. The molecule has 0 fully saturated rings. The minimum atomic E-state index is -2.97. The van der Waals surface area contributed by atoms with Crippen molar-refractivity contribution in [2.24, 2.45) is 0 Å². The molecule has 0 aliphatic heterocycles. The van der Waals surface area contributed by atoms with E-state index < -0.39 is 12.5 Å². The summed E-state index contributed by atoms with van der Waals surface area (Å²) in [6.07, 6.45) is 2.77. The molecule has 0 aromatic heterocycles. The van der Waals surface area contributed by atoms with Crippen molar-refractivity contribution in [3.63, 3.8) is 0 Å². The van der Waals surface area contributed by atoms with Crippen LogP contribution in [0.3, 0.4) is 0 Å². The molecular weight excluding hydrogens is 462 g/mol. The Hall–Kier alpha value is -2.94. The number of methoxy groups -OCH3 is 1. The van der Waals surface area contributed by atoms with Crippen molar-refractivity contribution in [2.75, 3.05) is 26.0 Å². The van der Waals surface area contributed by atoms with Crippen molar-refractivity contribution < 1.29 is 27.8 Å². The van der Waals surface area contributed by atoms with Crippen molar-refractivity contribution in [1.82, 2.24) is 4.90 Å². The number of benzene rings is 2. The van der Waals surface area contributed by atoms with Crippen LogP contribution in [-0.2, 0) is 9.59 Å². The Kier molecular flexibility index (Phi) is 8.35. The van der Waals surface area contributed by atoms with E-state index in [-0.39, 0.29) is 24.0 Å². The van der Waals surface area contributed by atoms with E-state index >= 15 is 0 Å². The van der Waals surface area contributed by atoms with Crippen LogP contribution in [0.2, 0.25) is 0 Å². The smallest absolute Gasteiger partial charge is 0.387 e. The lowest BCUT2D eigenvalue weighted by Crippen LogP contribution is -2.34. The topological polar surface area (TPSA) is 67.9 Å². The predicted octanol–water partition coefficient (Wildman–Crippen LogP) is 4.48. The van der Waals surface area contributed by atoms with E-state index in [4.69, 9.17) is 4.74 Å². The zero-order valence-electron chi connectivity index (χ0n) is 16.6. The summed E-state index contributed by atoms with van der Waals surface area (Å²) in [7, 11) is 2.83. The molecule has 0 radical (unpaired) electrons. The van der Waals surface area contributed by atoms with Gasteiger partial charge in [0.1, 0.15) is 0 Å². The molecule has 0 saturated heterocycles. The predicted molar refractivity (Wildman–Crippen MR) is 114 cm³/mol. The standard InChI is InChI=1S/C21H21BrF2N2O4/c1-13-10-15(22)6-7-16(13)25-19(27)12-26(2)20(28)9-5-14-4-8-17(30-21(23)24)18(11-14)29-3/h4-11,21H,12H2,1-3H3,(H,25,27)/b9-5+. The number of rotatable bonds is 8. The summed E-state index contributed by atoms with van der Waals surface area (Å²) < 4.78 is 35.1. The van der Waals surface area contributed by atoms with E-state index in [9.17, 15) is 18.4 Å². The first-order valence-corrected chi connectivity index (χ1v) is 9.61. The van der Waals surface area contributed by atoms with Crippen LogP contribution in [0.4, 0.5) is 14.5 Å². The summed E-state index contributed by atoms with van der Waals surface area (Å²) in [6, 6.07) is 9.75. The SMILES string of the molecule is COc1cc(/C=C/C(=O)N(C)CC(=O)Nc2ccc(Br)cc2C)ccc1OC(F)F. The Morgan fingerprint density at radius 1 is 1.20 bits per heavy atom. The second-order valence-corrected chi connectivity index (χ2v) is 7.24. The number of hydrogen-bond donors (Lipinski definition) is 1. The van der Waals surface area contributed by atoms with Crippen molar-refractivity contribution in [3.8, 4) is 11.5 Å². The quantitative estimate of drug-likeness (QED) is 0.563. The van der Waals surface area contributed by atoms with E-state index in [0.717, 1.165) is 10.0 Å². The molecule has 1 N–H and O–H groups in total. The van der Waals surface area contributed by atoms with Gasteiger partial charge < -0.3 is 19.7 Å². The van der Waals surface area contributed by atoms with Gasteiger partial charge in [-0.1, -0.05) is 22.0 Å². The van der Waals surface area contributed by atoms with Gasteiger partial charge in [0, 0.05) is 23.3 Å². The molecule has 0 unspecified atom stereocenters. The third-order valence-electron chi connectivity index (χ3n) is 4.04. The van der Waals surface area contributed by atoms with Crippen LogP contribution in [0, 0.1) is 6.92 Å². The Morgan fingerprint density at radius 2 is 1.93 bits per heavy atom. The second-order valence-electron chi connectivity index (χ2n) is 6.32. The molecule has 2 rings (SSSR count). The van der Waals surface area contributed by atoms with Gasteiger partial charge in [-0.05, 0) is 54.5 Å². The number of aryl methyl sites for hydroxylation is 1. The number of halogens is 3. The highest BCUT2D eigenvalue weighted by Crippen LogP contribution is 2.29. The number of likely N-dealkylation sites (N-methyl/N-ethyl adjacent to an activating group) is 1. The Labute approximate surface area is 181 Å². The number of ether oxygens (including phenoxy) is 2. The number of anilines is 1. The van der Waals surface area contributed by atoms with Crippen LogP contribution < -0.4 is 14.8 Å². The van der Waals surface area contributed by atoms with Gasteiger partial charge in [-0.2, -0.15) is 8.78 Å². The lowest BCUT2D eigenvalue weighted by Gasteiger charge is -2.16. The van der Waals surface area contributed by atoms with Gasteiger partial charge in [0.15, 0.2) is 11.5 Å². The third-order valence-corrected chi connectivity index (χ3v) is 4.53. The maximum atomic E-state index is 12.4. The maximum Gasteiger partial charge on any atom is 0.387 e. The number of carbonyl (C=O) groups excluding carboxylic acids is 2.